The quantitative estimate of drug-likeness (QED) is 0.0175. The lowest BCUT2D eigenvalue weighted by Gasteiger charge is -2.35. The molecule has 3 amide bonds. The molecule has 0 atom stereocenters. The molecule has 0 aliphatic carbocycles. The summed E-state index contributed by atoms with van der Waals surface area (Å²) in [5.41, 5.74) is 4.92. The molecule has 13 rings (SSSR count). The van der Waals surface area contributed by atoms with Crippen LogP contribution in [-0.2, 0) is 76.3 Å². The maximum absolute atomic E-state index is 13.5. The van der Waals surface area contributed by atoms with Gasteiger partial charge in [-0.25, -0.2) is 36.7 Å². The van der Waals surface area contributed by atoms with Crippen LogP contribution >= 0.6 is 24.8 Å². The normalized spacial score (nSPS) is 16.0. The fourth-order valence-corrected chi connectivity index (χ4v) is 11.4. The lowest BCUT2D eigenvalue weighted by atomic mass is 9.89. The largest absolute Gasteiger partial charge is 0.480 e. The molecule has 0 radical (unpaired) electrons. The van der Waals surface area contributed by atoms with E-state index in [1.807, 2.05) is 0 Å². The van der Waals surface area contributed by atoms with E-state index in [1.54, 1.807) is 77.9 Å². The Hall–Kier alpha value is -11.4. The highest BCUT2D eigenvalue weighted by Gasteiger charge is 2.47. The van der Waals surface area contributed by atoms with Crippen molar-refractivity contribution in [3.63, 3.8) is 0 Å². The summed E-state index contributed by atoms with van der Waals surface area (Å²) in [5, 5.41) is 54.7. The fraction of sp³-hybridized carbons (Fsp3) is 0.432. The van der Waals surface area contributed by atoms with Crippen LogP contribution in [0.3, 0.4) is 0 Å². The number of aryl methyl sites for hydroxylation is 2. The molecule has 10 N–H and O–H groups in total. The number of alkyl halides is 6. The average molecular weight is 1730 g/mol. The zero-order valence-corrected chi connectivity index (χ0v) is 66.6. The molecule has 45 heteroatoms. The van der Waals surface area contributed by atoms with Crippen molar-refractivity contribution in [3.8, 4) is 34.2 Å². The summed E-state index contributed by atoms with van der Waals surface area (Å²) < 4.78 is 177. The number of amides is 3. The molecule has 4 aliphatic rings. The van der Waals surface area contributed by atoms with Crippen LogP contribution in [0.1, 0.15) is 149 Å². The Balaban J connectivity index is 0.000000228. The summed E-state index contributed by atoms with van der Waals surface area (Å²) in [7, 11) is 2.38. The number of aromatic nitrogens is 10. The third kappa shape index (κ3) is 27.3. The summed E-state index contributed by atoms with van der Waals surface area (Å²) >= 11 is 0. The number of nitrogens with zero attached hydrogens (tertiary/aromatic N) is 11. The number of oxime groups is 1. The Morgan fingerprint density at radius 3 is 1.18 bits per heavy atom. The van der Waals surface area contributed by atoms with Crippen molar-refractivity contribution in [2.24, 2.45) is 30.7 Å². The van der Waals surface area contributed by atoms with Crippen LogP contribution in [0, 0.1) is 23.3 Å². The van der Waals surface area contributed by atoms with Gasteiger partial charge in [-0.15, -0.1) is 24.8 Å². The minimum atomic E-state index is -4.68. The van der Waals surface area contributed by atoms with Gasteiger partial charge in [0, 0.05) is 140 Å². The van der Waals surface area contributed by atoms with Gasteiger partial charge in [0.15, 0.2) is 17.2 Å². The number of amidine groups is 1. The van der Waals surface area contributed by atoms with E-state index in [1.165, 1.54) is 67.7 Å². The molecule has 0 spiro atoms. The van der Waals surface area contributed by atoms with E-state index in [9.17, 15) is 73.0 Å². The van der Waals surface area contributed by atoms with E-state index in [0.29, 0.717) is 116 Å². The third-order valence-corrected chi connectivity index (χ3v) is 17.5. The molecule has 9 heterocycles. The van der Waals surface area contributed by atoms with Crippen molar-refractivity contribution in [1.82, 2.24) is 65.9 Å². The Bertz CT molecular complexity index is 4890. The SMILES string of the molecule is CC(C)(C)OC(=O)NC1(C(=O)O)CCOCC1.CC(C)(C)OC(=O)NC1(c2nc(-c3cccc(F)c3)no2)CCOCC1.Cl.Cl.Cn1nc(C(F)(F)F)cc1C(=O)NC1(c2nc(-c3cccc(F)c3)no2)CCOCC1.Cn1nc(C(F)(F)F)cc1C(=O)O.NC(=NO)c1cccc(F)c1.NC1(c2nc(-c3cccc(F)c3)no2)CCOCC1. The van der Waals surface area contributed by atoms with E-state index >= 15 is 0 Å². The van der Waals surface area contributed by atoms with Crippen molar-refractivity contribution >= 4 is 60.7 Å². The van der Waals surface area contributed by atoms with Crippen LogP contribution in [0.4, 0.5) is 53.5 Å². The highest BCUT2D eigenvalue weighted by molar-refractivity contribution is 5.97. The van der Waals surface area contributed by atoms with Gasteiger partial charge in [0.05, 0.1) is 0 Å². The van der Waals surface area contributed by atoms with Gasteiger partial charge >= 0.3 is 36.5 Å². The molecule has 0 saturated carbocycles. The van der Waals surface area contributed by atoms with Gasteiger partial charge in [-0.3, -0.25) is 14.2 Å². The molecular formula is C74H86Cl2F10N16O17. The number of benzene rings is 4. The molecule has 4 fully saturated rings. The predicted octanol–water partition coefficient (Wildman–Crippen LogP) is 12.4. The first-order valence-electron chi connectivity index (χ1n) is 35.6. The van der Waals surface area contributed by atoms with Crippen LogP contribution in [0.25, 0.3) is 34.2 Å². The number of carbonyl (C=O) groups is 5. The Labute approximate surface area is 684 Å². The summed E-state index contributed by atoms with van der Waals surface area (Å²) in [6.45, 7) is 13.7. The Morgan fingerprint density at radius 2 is 0.832 bits per heavy atom. The van der Waals surface area contributed by atoms with E-state index in [2.05, 4.69) is 61.7 Å². The zero-order valence-electron chi connectivity index (χ0n) is 64.9. The molecule has 4 aromatic carbocycles. The van der Waals surface area contributed by atoms with Gasteiger partial charge in [0.2, 0.25) is 23.4 Å². The molecule has 4 saturated heterocycles. The first kappa shape index (κ1) is 96.5. The predicted molar refractivity (Wildman–Crippen MR) is 402 cm³/mol. The molecule has 0 bridgehead atoms. The van der Waals surface area contributed by atoms with Crippen LogP contribution in [0.5, 0.6) is 0 Å². The Morgan fingerprint density at radius 1 is 0.487 bits per heavy atom. The van der Waals surface area contributed by atoms with E-state index < -0.39 is 104 Å². The third-order valence-electron chi connectivity index (χ3n) is 17.5. The first-order chi connectivity index (χ1) is 54.9. The summed E-state index contributed by atoms with van der Waals surface area (Å²) in [6, 6.07) is 24.3. The second-order valence-electron chi connectivity index (χ2n) is 28.5. The van der Waals surface area contributed by atoms with Crippen LogP contribution in [0.2, 0.25) is 0 Å². The van der Waals surface area contributed by atoms with Gasteiger partial charge < -0.3 is 84.8 Å². The number of halogens is 12. The van der Waals surface area contributed by atoms with Gasteiger partial charge in [-0.1, -0.05) is 69.2 Å². The number of alkyl carbamates (subject to hydrolysis) is 2. The number of aromatic carboxylic acids is 1. The summed E-state index contributed by atoms with van der Waals surface area (Å²) in [5.74, 6) is -3.54. The van der Waals surface area contributed by atoms with E-state index in [4.69, 9.17) is 63.8 Å². The molecule has 4 aliphatic heterocycles. The summed E-state index contributed by atoms with van der Waals surface area (Å²) in [6.07, 6.45) is -7.33. The minimum Gasteiger partial charge on any atom is -0.480 e. The molecular weight excluding hydrogens is 1650 g/mol. The number of carboxylic acids is 2. The number of nitrogens with one attached hydrogen (secondary N) is 3. The number of ether oxygens (including phenoxy) is 6. The molecule has 648 valence electrons. The zero-order chi connectivity index (χ0) is 85.9. The number of nitrogens with two attached hydrogens (primary N) is 2. The number of hydrogen-bond acceptors (Lipinski definition) is 25. The van der Waals surface area contributed by atoms with Crippen LogP contribution in [0.15, 0.2) is 128 Å². The maximum Gasteiger partial charge on any atom is 0.435 e. The number of hydrogen-bond donors (Lipinski definition) is 8. The van der Waals surface area contributed by atoms with Crippen molar-refractivity contribution in [3.05, 3.63) is 178 Å². The first-order valence-corrected chi connectivity index (χ1v) is 35.6. The monoisotopic (exact) mass is 1730 g/mol. The van der Waals surface area contributed by atoms with Gasteiger partial charge in [0.1, 0.15) is 68.0 Å². The number of aliphatic carboxylic acids is 1. The molecule has 0 unspecified atom stereocenters. The second kappa shape index (κ2) is 41.3. The highest BCUT2D eigenvalue weighted by Crippen LogP contribution is 2.37. The van der Waals surface area contributed by atoms with Gasteiger partial charge in [0.25, 0.3) is 17.7 Å². The van der Waals surface area contributed by atoms with Crippen molar-refractivity contribution in [2.45, 2.75) is 139 Å². The standard InChI is InChI=1S/C19H17F4N5O3.C18H22FN3O4.C13H14FN3O2.C11H19NO5.C7H7FN2O.C6H5F3N2O2.2ClH/c1-28-13(10-14(26-28)19(21,22)23)16(29)25-18(5-7-30-8-6-18)17-24-15(27-31-17)11-3-2-4-12(20)9-11;1-17(2,3)25-16(23)21-18(7-9-24-10-8-18)15-20-14(22-26-15)12-5-4-6-13(19)11-12;14-10-3-1-2-9(8-10)11-16-12(19-17-11)13(15)4-6-18-7-5-13;1-10(2,3)17-9(15)12-11(8(13)14)4-6-16-7-5-11;8-6-3-1-2-5(4-6)7(9)10-11;1-11-3(5(12)13)2-4(10-11)6(7,8)9;;/h2-4,9-10H,5-8H2,1H3,(H,25,29);4-6,11H,7-10H2,1-3H3,(H,21,23);1-3,8H,4-7,15H2;4-7H2,1-3H3,(H,12,15)(H,13,14);1-4,11H,(H2,9,10);2H,1H3,(H,12,13);2*1H. The average Bonchev–Trinajstić information content (AvgIpc) is 1.63. The van der Waals surface area contributed by atoms with E-state index in [0.717, 1.165) is 11.7 Å². The number of carbonyl (C=O) groups excluding carboxylic acids is 3. The topological polar surface area (TPSA) is 454 Å². The smallest absolute Gasteiger partial charge is 0.435 e. The van der Waals surface area contributed by atoms with Gasteiger partial charge in [-0.2, -0.15) is 51.5 Å². The molecule has 119 heavy (non-hydrogen) atoms. The van der Waals surface area contributed by atoms with Crippen LogP contribution in [-0.4, -0.2) is 171 Å². The Kier molecular flexibility index (Phi) is 33.5. The molecule has 9 aromatic rings. The van der Waals surface area contributed by atoms with E-state index in [-0.39, 0.29) is 110 Å². The lowest BCUT2D eigenvalue weighted by molar-refractivity contribution is -0.149. The molecule has 5 aromatic heterocycles. The van der Waals surface area contributed by atoms with Gasteiger partial charge in [-0.05, 0) is 103 Å². The van der Waals surface area contributed by atoms with Crippen LogP contribution < -0.4 is 27.4 Å². The summed E-state index contributed by atoms with van der Waals surface area (Å²) in [4.78, 5) is 71.4. The number of rotatable bonds is 13. The van der Waals surface area contributed by atoms with Crippen molar-refractivity contribution < 1.29 is 125 Å². The maximum atomic E-state index is 13.5. The number of carboxylic acid groups (broad SMARTS) is 2. The minimum absolute atomic E-state index is 0. The lowest BCUT2D eigenvalue weighted by Crippen LogP contribution is -2.58. The van der Waals surface area contributed by atoms with Crippen molar-refractivity contribution in [2.75, 3.05) is 52.9 Å². The van der Waals surface area contributed by atoms with Crippen molar-refractivity contribution in [1.29, 1.82) is 0 Å². The highest BCUT2D eigenvalue weighted by atomic mass is 35.5. The second-order valence-corrected chi connectivity index (χ2v) is 28.5. The molecule has 33 nitrogen and oxygen atoms in total. The fourth-order valence-electron chi connectivity index (χ4n) is 11.4.